The third-order valence-corrected chi connectivity index (χ3v) is 6.39. The van der Waals surface area contributed by atoms with E-state index in [0.29, 0.717) is 29.2 Å². The number of halogens is 2. The Morgan fingerprint density at radius 2 is 2.06 bits per heavy atom. The van der Waals surface area contributed by atoms with E-state index in [1.54, 1.807) is 19.1 Å². The summed E-state index contributed by atoms with van der Waals surface area (Å²) in [6, 6.07) is 4.45. The Balaban J connectivity index is 1.36. The lowest BCUT2D eigenvalue weighted by Gasteiger charge is -2.33. The van der Waals surface area contributed by atoms with Crippen molar-refractivity contribution in [3.05, 3.63) is 53.1 Å². The van der Waals surface area contributed by atoms with Crippen molar-refractivity contribution in [2.45, 2.75) is 25.7 Å². The van der Waals surface area contributed by atoms with E-state index in [-0.39, 0.29) is 23.4 Å². The molecule has 3 aromatic rings. The Labute approximate surface area is 207 Å². The molecule has 0 bridgehead atoms. The predicted octanol–water partition coefficient (Wildman–Crippen LogP) is 4.26. The molecule has 11 heteroatoms. The van der Waals surface area contributed by atoms with Crippen molar-refractivity contribution in [1.82, 2.24) is 19.9 Å². The number of fused-ring (bicyclic) bond motifs is 1. The molecule has 9 nitrogen and oxygen atoms in total. The molecule has 2 fully saturated rings. The molecule has 1 aromatic carbocycles. The number of H-pyrrole nitrogens is 1. The molecule has 1 aliphatic heterocycles. The van der Waals surface area contributed by atoms with Crippen LogP contribution in [-0.2, 0) is 0 Å². The van der Waals surface area contributed by atoms with Crippen LogP contribution in [0.5, 0.6) is 5.75 Å². The molecule has 2 N–H and O–H groups in total. The van der Waals surface area contributed by atoms with Gasteiger partial charge in [0.1, 0.15) is 11.7 Å². The smallest absolute Gasteiger partial charge is 0.230 e. The van der Waals surface area contributed by atoms with E-state index in [1.807, 2.05) is 6.07 Å². The Morgan fingerprint density at radius 3 is 2.78 bits per heavy atom. The molecule has 5 rings (SSSR count). The van der Waals surface area contributed by atoms with Crippen LogP contribution in [0.15, 0.2) is 44.6 Å². The van der Waals surface area contributed by atoms with Gasteiger partial charge in [0.05, 0.1) is 11.2 Å². The van der Waals surface area contributed by atoms with E-state index in [0.717, 1.165) is 50.8 Å². The number of aryl methyl sites for hydroxylation is 1. The van der Waals surface area contributed by atoms with Crippen LogP contribution in [0.25, 0.3) is 10.9 Å². The van der Waals surface area contributed by atoms with Gasteiger partial charge in [-0.25, -0.2) is 18.8 Å². The Morgan fingerprint density at radius 1 is 1.28 bits per heavy atom. The molecule has 1 aliphatic carbocycles. The molecule has 2 aliphatic rings. The molecule has 36 heavy (non-hydrogen) atoms. The third kappa shape index (κ3) is 5.25. The number of hydrogen-bond acceptors (Lipinski definition) is 7. The zero-order chi connectivity index (χ0) is 25.2. The van der Waals surface area contributed by atoms with Crippen molar-refractivity contribution in [3.63, 3.8) is 0 Å². The van der Waals surface area contributed by atoms with Gasteiger partial charge in [0.15, 0.2) is 24.1 Å². The maximum atomic E-state index is 14.9. The van der Waals surface area contributed by atoms with Crippen LogP contribution in [0.2, 0.25) is 0 Å². The Bertz CT molecular complexity index is 1320. The first-order valence-corrected chi connectivity index (χ1v) is 11.9. The number of aromatic nitrogens is 2. The standard InChI is InChI=1S/C25H29F2N7O2/c1-15-10-17-24(27)20(11-18(26)25(17)30-15)35-14-29-22(34-8-6-33(3)7-9-34)13-21(28-2)31-23-12-19(32-36-23)16-4-5-16/h10-13,16,30-31H,2,4-9,14H2,1,3H3/b21-13+,29-22+. The van der Waals surface area contributed by atoms with E-state index >= 15 is 0 Å². The monoisotopic (exact) mass is 497 g/mol. The lowest BCUT2D eigenvalue weighted by molar-refractivity contribution is 0.214. The first kappa shape index (κ1) is 24.0. The summed E-state index contributed by atoms with van der Waals surface area (Å²) >= 11 is 0. The molecule has 3 heterocycles. The summed E-state index contributed by atoms with van der Waals surface area (Å²) in [6.45, 7) is 8.37. The molecular weight excluding hydrogens is 468 g/mol. The average molecular weight is 498 g/mol. The number of ether oxygens (including phenoxy) is 1. The number of amidine groups is 1. The number of piperazine rings is 1. The second-order valence-corrected chi connectivity index (χ2v) is 9.19. The average Bonchev–Trinajstić information content (AvgIpc) is 3.48. The lowest BCUT2D eigenvalue weighted by atomic mass is 10.2. The van der Waals surface area contributed by atoms with E-state index in [2.05, 4.69) is 49.0 Å². The minimum Gasteiger partial charge on any atom is -0.468 e. The lowest BCUT2D eigenvalue weighted by Crippen LogP contribution is -2.47. The van der Waals surface area contributed by atoms with Crippen molar-refractivity contribution >= 4 is 29.3 Å². The number of aliphatic imine (C=N–C) groups is 2. The normalized spacial score (nSPS) is 17.6. The number of rotatable bonds is 8. The fourth-order valence-corrected chi connectivity index (χ4v) is 4.17. The van der Waals surface area contributed by atoms with Crippen molar-refractivity contribution in [2.24, 2.45) is 9.98 Å². The highest BCUT2D eigenvalue weighted by Crippen LogP contribution is 2.40. The summed E-state index contributed by atoms with van der Waals surface area (Å²) < 4.78 is 40.3. The largest absolute Gasteiger partial charge is 0.468 e. The first-order chi connectivity index (χ1) is 17.4. The Hall–Kier alpha value is -3.73. The highest BCUT2D eigenvalue weighted by Gasteiger charge is 2.27. The maximum absolute atomic E-state index is 14.9. The highest BCUT2D eigenvalue weighted by molar-refractivity contribution is 5.94. The minimum absolute atomic E-state index is 0.118. The van der Waals surface area contributed by atoms with Gasteiger partial charge in [-0.05, 0) is 39.6 Å². The summed E-state index contributed by atoms with van der Waals surface area (Å²) in [6.07, 6.45) is 3.97. The van der Waals surface area contributed by atoms with Gasteiger partial charge in [-0.15, -0.1) is 0 Å². The van der Waals surface area contributed by atoms with Crippen molar-refractivity contribution < 1.29 is 18.0 Å². The van der Waals surface area contributed by atoms with Gasteiger partial charge in [0, 0.05) is 61.4 Å². The molecule has 190 valence electrons. The molecule has 2 aromatic heterocycles. The summed E-state index contributed by atoms with van der Waals surface area (Å²) in [5.74, 6) is 0.530. The van der Waals surface area contributed by atoms with Crippen molar-refractivity contribution in [3.8, 4) is 5.75 Å². The van der Waals surface area contributed by atoms with Crippen molar-refractivity contribution in [2.75, 3.05) is 45.3 Å². The van der Waals surface area contributed by atoms with Gasteiger partial charge < -0.3 is 29.4 Å². The van der Waals surface area contributed by atoms with E-state index in [4.69, 9.17) is 9.26 Å². The zero-order valence-corrected chi connectivity index (χ0v) is 20.4. The molecular formula is C25H29F2N7O2. The van der Waals surface area contributed by atoms with Gasteiger partial charge >= 0.3 is 0 Å². The molecule has 0 atom stereocenters. The number of likely N-dealkylation sites (N-methyl/N-ethyl adjacent to an activating group) is 1. The zero-order valence-electron chi connectivity index (χ0n) is 20.4. The topological polar surface area (TPSA) is 94.3 Å². The van der Waals surface area contributed by atoms with Crippen LogP contribution in [0.3, 0.4) is 0 Å². The first-order valence-electron chi connectivity index (χ1n) is 11.9. The number of nitrogens with zero attached hydrogens (tertiary/aromatic N) is 5. The van der Waals surface area contributed by atoms with Crippen LogP contribution in [0, 0.1) is 18.6 Å². The summed E-state index contributed by atoms with van der Waals surface area (Å²) in [4.78, 5) is 15.8. The number of aromatic amines is 1. The van der Waals surface area contributed by atoms with Crippen LogP contribution >= 0.6 is 0 Å². The molecule has 0 unspecified atom stereocenters. The fraction of sp³-hybridized carbons (Fsp3) is 0.400. The minimum atomic E-state index is -0.630. The summed E-state index contributed by atoms with van der Waals surface area (Å²) in [7, 11) is 2.06. The van der Waals surface area contributed by atoms with Crippen LogP contribution in [0.4, 0.5) is 14.7 Å². The van der Waals surface area contributed by atoms with Crippen molar-refractivity contribution in [1.29, 1.82) is 0 Å². The SMILES string of the molecule is C=N/C(=C\C(=N/COc1cc(F)c2[nH]c(C)cc2c1F)N1CCN(C)CC1)Nc1cc(C2CC2)no1. The number of nitrogens with one attached hydrogen (secondary N) is 2. The maximum Gasteiger partial charge on any atom is 0.230 e. The van der Waals surface area contributed by atoms with Crippen LogP contribution < -0.4 is 10.1 Å². The second-order valence-electron chi connectivity index (χ2n) is 9.19. The van der Waals surface area contributed by atoms with Gasteiger partial charge in [-0.3, -0.25) is 0 Å². The molecule has 0 amide bonds. The van der Waals surface area contributed by atoms with Gasteiger partial charge in [-0.1, -0.05) is 5.16 Å². The molecule has 1 saturated carbocycles. The highest BCUT2D eigenvalue weighted by atomic mass is 19.1. The third-order valence-electron chi connectivity index (χ3n) is 6.39. The van der Waals surface area contributed by atoms with Crippen LogP contribution in [0.1, 0.15) is 30.1 Å². The van der Waals surface area contributed by atoms with Crippen LogP contribution in [-0.4, -0.2) is 72.5 Å². The molecule has 0 radical (unpaired) electrons. The van der Waals surface area contributed by atoms with Gasteiger partial charge in [-0.2, -0.15) is 0 Å². The van der Waals surface area contributed by atoms with Gasteiger partial charge in [0.25, 0.3) is 0 Å². The predicted molar refractivity (Wildman–Crippen MR) is 135 cm³/mol. The van der Waals surface area contributed by atoms with E-state index in [9.17, 15) is 8.78 Å². The van der Waals surface area contributed by atoms with E-state index < -0.39 is 11.6 Å². The quantitative estimate of drug-likeness (QED) is 0.357. The fourth-order valence-electron chi connectivity index (χ4n) is 4.17. The number of anilines is 1. The Kier molecular flexibility index (Phi) is 6.73. The molecule has 1 saturated heterocycles. The summed E-state index contributed by atoms with van der Waals surface area (Å²) in [5.41, 5.74) is 1.70. The second kappa shape index (κ2) is 10.1. The molecule has 0 spiro atoms. The van der Waals surface area contributed by atoms with Gasteiger partial charge in [0.2, 0.25) is 5.88 Å². The number of benzene rings is 1. The number of hydrogen-bond donors (Lipinski definition) is 2. The summed E-state index contributed by atoms with van der Waals surface area (Å²) in [5, 5.41) is 7.34. The van der Waals surface area contributed by atoms with E-state index in [1.165, 1.54) is 0 Å².